The second-order valence-electron chi connectivity index (χ2n) is 4.15. The zero-order valence-electron chi connectivity index (χ0n) is 10.4. The second-order valence-corrected chi connectivity index (χ2v) is 4.15. The highest BCUT2D eigenvalue weighted by molar-refractivity contribution is 5.96. The summed E-state index contributed by atoms with van der Waals surface area (Å²) in [6.07, 6.45) is 0. The summed E-state index contributed by atoms with van der Waals surface area (Å²) >= 11 is 0. The van der Waals surface area contributed by atoms with E-state index >= 15 is 0 Å². The van der Waals surface area contributed by atoms with E-state index in [0.29, 0.717) is 5.75 Å². The van der Waals surface area contributed by atoms with Crippen LogP contribution in [0.5, 0.6) is 11.5 Å². The molecule has 0 saturated heterocycles. The SMILES string of the molecule is CC(=O)c1cc(F)ccc1OCc1ccc(O)cc1. The van der Waals surface area contributed by atoms with Crippen molar-refractivity contribution in [1.82, 2.24) is 0 Å². The molecule has 0 fully saturated rings. The molecule has 0 saturated carbocycles. The summed E-state index contributed by atoms with van der Waals surface area (Å²) in [6, 6.07) is 10.4. The van der Waals surface area contributed by atoms with E-state index in [1.165, 1.54) is 19.1 Å². The largest absolute Gasteiger partial charge is 0.508 e. The molecule has 0 unspecified atom stereocenters. The molecule has 0 amide bonds. The molecular formula is C15H13FO3. The Morgan fingerprint density at radius 2 is 1.89 bits per heavy atom. The Labute approximate surface area is 110 Å². The van der Waals surface area contributed by atoms with E-state index in [2.05, 4.69) is 0 Å². The van der Waals surface area contributed by atoms with Gasteiger partial charge in [0.1, 0.15) is 23.9 Å². The van der Waals surface area contributed by atoms with Crippen LogP contribution in [0.1, 0.15) is 22.8 Å². The molecule has 1 N–H and O–H groups in total. The third-order valence-electron chi connectivity index (χ3n) is 2.65. The molecule has 0 aliphatic rings. The zero-order valence-corrected chi connectivity index (χ0v) is 10.4. The standard InChI is InChI=1S/C15H13FO3/c1-10(17)14-8-12(16)4-7-15(14)19-9-11-2-5-13(18)6-3-11/h2-8,18H,9H2,1H3. The molecule has 2 aromatic rings. The Morgan fingerprint density at radius 3 is 2.53 bits per heavy atom. The number of Topliss-reactive ketones (excluding diaryl/α,β-unsaturated/α-hetero) is 1. The first kappa shape index (κ1) is 13.1. The molecule has 2 aromatic carbocycles. The van der Waals surface area contributed by atoms with E-state index in [1.807, 2.05) is 0 Å². The van der Waals surface area contributed by atoms with Gasteiger partial charge in [-0.3, -0.25) is 4.79 Å². The van der Waals surface area contributed by atoms with Crippen LogP contribution in [0.2, 0.25) is 0 Å². The van der Waals surface area contributed by atoms with Gasteiger partial charge in [0, 0.05) is 0 Å². The molecular weight excluding hydrogens is 247 g/mol. The number of hydrogen-bond acceptors (Lipinski definition) is 3. The molecule has 0 atom stereocenters. The van der Waals surface area contributed by atoms with Crippen molar-refractivity contribution in [3.05, 3.63) is 59.4 Å². The zero-order chi connectivity index (χ0) is 13.8. The van der Waals surface area contributed by atoms with E-state index in [9.17, 15) is 9.18 Å². The van der Waals surface area contributed by atoms with Crippen molar-refractivity contribution >= 4 is 5.78 Å². The van der Waals surface area contributed by atoms with Crippen LogP contribution in [-0.4, -0.2) is 10.9 Å². The van der Waals surface area contributed by atoms with Crippen molar-refractivity contribution in [3.63, 3.8) is 0 Å². The van der Waals surface area contributed by atoms with Crippen LogP contribution in [0.15, 0.2) is 42.5 Å². The summed E-state index contributed by atoms with van der Waals surface area (Å²) < 4.78 is 18.6. The number of aromatic hydroxyl groups is 1. The van der Waals surface area contributed by atoms with Crippen LogP contribution in [0.4, 0.5) is 4.39 Å². The minimum atomic E-state index is -0.470. The van der Waals surface area contributed by atoms with Gasteiger partial charge in [0.05, 0.1) is 5.56 Å². The van der Waals surface area contributed by atoms with E-state index in [4.69, 9.17) is 9.84 Å². The smallest absolute Gasteiger partial charge is 0.163 e. The number of ether oxygens (including phenoxy) is 1. The van der Waals surface area contributed by atoms with E-state index in [-0.39, 0.29) is 23.7 Å². The lowest BCUT2D eigenvalue weighted by Gasteiger charge is -2.10. The number of carbonyl (C=O) groups excluding carboxylic acids is 1. The van der Waals surface area contributed by atoms with Gasteiger partial charge in [0.15, 0.2) is 5.78 Å². The Kier molecular flexibility index (Phi) is 3.80. The number of benzene rings is 2. The van der Waals surface area contributed by atoms with Crippen LogP contribution in [0.3, 0.4) is 0 Å². The average Bonchev–Trinajstić information content (AvgIpc) is 2.39. The number of carbonyl (C=O) groups is 1. The summed E-state index contributed by atoms with van der Waals surface area (Å²) in [5, 5.41) is 9.16. The number of phenols is 1. The van der Waals surface area contributed by atoms with Gasteiger partial charge >= 0.3 is 0 Å². The molecule has 3 nitrogen and oxygen atoms in total. The summed E-state index contributed by atoms with van der Waals surface area (Å²) in [7, 11) is 0. The van der Waals surface area contributed by atoms with Crippen molar-refractivity contribution < 1.29 is 19.0 Å². The Balaban J connectivity index is 2.15. The number of halogens is 1. The first-order valence-corrected chi connectivity index (χ1v) is 5.77. The third-order valence-corrected chi connectivity index (χ3v) is 2.65. The van der Waals surface area contributed by atoms with Gasteiger partial charge in [-0.2, -0.15) is 0 Å². The number of rotatable bonds is 4. The summed E-state index contributed by atoms with van der Waals surface area (Å²) in [4.78, 5) is 11.4. The van der Waals surface area contributed by atoms with Crippen LogP contribution in [0, 0.1) is 5.82 Å². The van der Waals surface area contributed by atoms with Gasteiger partial charge in [-0.15, -0.1) is 0 Å². The van der Waals surface area contributed by atoms with E-state index in [1.54, 1.807) is 24.3 Å². The average molecular weight is 260 g/mol. The van der Waals surface area contributed by atoms with Gasteiger partial charge in [0.2, 0.25) is 0 Å². The monoisotopic (exact) mass is 260 g/mol. The Hall–Kier alpha value is -2.36. The minimum absolute atomic E-state index is 0.176. The third kappa shape index (κ3) is 3.31. The van der Waals surface area contributed by atoms with Crippen molar-refractivity contribution in [2.24, 2.45) is 0 Å². The molecule has 0 bridgehead atoms. The Bertz CT molecular complexity index is 591. The second kappa shape index (κ2) is 5.52. The number of hydrogen-bond donors (Lipinski definition) is 1. The normalized spacial score (nSPS) is 10.2. The molecule has 4 heteroatoms. The van der Waals surface area contributed by atoms with Crippen LogP contribution in [0.25, 0.3) is 0 Å². The van der Waals surface area contributed by atoms with Crippen LogP contribution in [-0.2, 0) is 6.61 Å². The molecule has 19 heavy (non-hydrogen) atoms. The van der Waals surface area contributed by atoms with Gasteiger partial charge in [-0.25, -0.2) is 4.39 Å². The van der Waals surface area contributed by atoms with Crippen molar-refractivity contribution in [2.75, 3.05) is 0 Å². The van der Waals surface area contributed by atoms with Gasteiger partial charge in [-0.05, 0) is 42.8 Å². The first-order valence-electron chi connectivity index (χ1n) is 5.77. The molecule has 0 radical (unpaired) electrons. The first-order chi connectivity index (χ1) is 9.06. The highest BCUT2D eigenvalue weighted by Crippen LogP contribution is 2.22. The summed E-state index contributed by atoms with van der Waals surface area (Å²) in [5.41, 5.74) is 1.07. The fraction of sp³-hybridized carbons (Fsp3) is 0.133. The molecule has 0 aliphatic carbocycles. The molecule has 0 aliphatic heterocycles. The Morgan fingerprint density at radius 1 is 1.21 bits per heavy atom. The predicted octanol–water partition coefficient (Wildman–Crippen LogP) is 3.31. The highest BCUT2D eigenvalue weighted by Gasteiger charge is 2.10. The number of phenolic OH excluding ortho intramolecular Hbond substituents is 1. The maximum atomic E-state index is 13.1. The van der Waals surface area contributed by atoms with Crippen molar-refractivity contribution in [2.45, 2.75) is 13.5 Å². The van der Waals surface area contributed by atoms with Gasteiger partial charge in [0.25, 0.3) is 0 Å². The molecule has 0 spiro atoms. The quantitative estimate of drug-likeness (QED) is 0.858. The summed E-state index contributed by atoms with van der Waals surface area (Å²) in [6.45, 7) is 1.61. The van der Waals surface area contributed by atoms with Gasteiger partial charge in [-0.1, -0.05) is 12.1 Å². The molecule has 2 rings (SSSR count). The lowest BCUT2D eigenvalue weighted by atomic mass is 10.1. The predicted molar refractivity (Wildman–Crippen MR) is 68.8 cm³/mol. The van der Waals surface area contributed by atoms with Crippen LogP contribution >= 0.6 is 0 Å². The molecule has 0 aromatic heterocycles. The molecule has 0 heterocycles. The van der Waals surface area contributed by atoms with E-state index in [0.717, 1.165) is 11.6 Å². The fourth-order valence-corrected chi connectivity index (χ4v) is 1.66. The maximum absolute atomic E-state index is 13.1. The summed E-state index contributed by atoms with van der Waals surface area (Å²) in [5.74, 6) is -0.195. The highest BCUT2D eigenvalue weighted by atomic mass is 19.1. The molecule has 98 valence electrons. The topological polar surface area (TPSA) is 46.5 Å². The van der Waals surface area contributed by atoms with E-state index < -0.39 is 5.82 Å². The lowest BCUT2D eigenvalue weighted by molar-refractivity contribution is 0.101. The number of ketones is 1. The van der Waals surface area contributed by atoms with Crippen LogP contribution < -0.4 is 4.74 Å². The maximum Gasteiger partial charge on any atom is 0.163 e. The van der Waals surface area contributed by atoms with Crippen molar-refractivity contribution in [1.29, 1.82) is 0 Å². The minimum Gasteiger partial charge on any atom is -0.508 e. The lowest BCUT2D eigenvalue weighted by Crippen LogP contribution is -2.02. The fourth-order valence-electron chi connectivity index (χ4n) is 1.66. The van der Waals surface area contributed by atoms with Crippen molar-refractivity contribution in [3.8, 4) is 11.5 Å². The van der Waals surface area contributed by atoms with Gasteiger partial charge < -0.3 is 9.84 Å².